The molecule has 0 aliphatic heterocycles. The first-order valence-corrected chi connectivity index (χ1v) is 10.4. The molecule has 0 spiro atoms. The minimum absolute atomic E-state index is 0.146. The molecule has 4 nitrogen and oxygen atoms in total. The fourth-order valence-electron chi connectivity index (χ4n) is 3.97. The van der Waals surface area contributed by atoms with Crippen molar-refractivity contribution in [3.63, 3.8) is 0 Å². The van der Waals surface area contributed by atoms with Crippen LogP contribution in [0.1, 0.15) is 18.2 Å². The fraction of sp³-hybridized carbons (Fsp3) is 0.115. The van der Waals surface area contributed by atoms with Gasteiger partial charge >= 0.3 is 6.18 Å². The second-order valence-electron chi connectivity index (χ2n) is 7.74. The summed E-state index contributed by atoms with van der Waals surface area (Å²) in [7, 11) is 0. The number of hydrogen-bond donors (Lipinski definition) is 0. The Balaban J connectivity index is 1.80. The summed E-state index contributed by atoms with van der Waals surface area (Å²) in [5.74, 6) is 0. The highest BCUT2D eigenvalue weighted by molar-refractivity contribution is 6.05. The van der Waals surface area contributed by atoms with Crippen LogP contribution in [0.25, 0.3) is 38.6 Å². The Bertz CT molecular complexity index is 1550. The first-order chi connectivity index (χ1) is 15.8. The Hall–Kier alpha value is -4.00. The van der Waals surface area contributed by atoms with E-state index in [4.69, 9.17) is 0 Å². The van der Waals surface area contributed by atoms with Crippen LogP contribution in [0.2, 0.25) is 0 Å². The van der Waals surface area contributed by atoms with Crippen LogP contribution in [0.5, 0.6) is 0 Å². The van der Waals surface area contributed by atoms with Gasteiger partial charge < -0.3 is 0 Å². The minimum Gasteiger partial charge on any atom is -0.276 e. The molecule has 3 heterocycles. The van der Waals surface area contributed by atoms with Crippen LogP contribution < -0.4 is 5.56 Å². The zero-order valence-corrected chi connectivity index (χ0v) is 17.6. The molecule has 0 saturated carbocycles. The summed E-state index contributed by atoms with van der Waals surface area (Å²) in [5, 5.41) is 1.32. The average Bonchev–Trinajstić information content (AvgIpc) is 2.83. The van der Waals surface area contributed by atoms with Gasteiger partial charge in [-0.15, -0.1) is 0 Å². The van der Waals surface area contributed by atoms with Crippen molar-refractivity contribution in [3.8, 4) is 16.8 Å². The smallest absolute Gasteiger partial charge is 0.276 e. The number of benzene rings is 2. The maximum absolute atomic E-state index is 13.3. The third-order valence-corrected chi connectivity index (χ3v) is 5.67. The van der Waals surface area contributed by atoms with Crippen molar-refractivity contribution in [2.75, 3.05) is 0 Å². The van der Waals surface area contributed by atoms with E-state index in [0.29, 0.717) is 21.8 Å². The van der Waals surface area contributed by atoms with Crippen LogP contribution in [-0.2, 0) is 12.6 Å². The van der Waals surface area contributed by atoms with Crippen molar-refractivity contribution in [2.45, 2.75) is 19.5 Å². The second kappa shape index (κ2) is 7.85. The molecule has 5 rings (SSSR count). The van der Waals surface area contributed by atoms with E-state index in [9.17, 15) is 18.0 Å². The van der Waals surface area contributed by atoms with Crippen molar-refractivity contribution >= 4 is 21.8 Å². The quantitative estimate of drug-likeness (QED) is 0.312. The molecule has 0 amide bonds. The molecule has 3 aromatic heterocycles. The second-order valence-corrected chi connectivity index (χ2v) is 7.74. The van der Waals surface area contributed by atoms with Crippen LogP contribution in [0.3, 0.4) is 0 Å². The Labute approximate surface area is 187 Å². The summed E-state index contributed by atoms with van der Waals surface area (Å²) in [6, 6.07) is 17.4. The molecule has 5 aromatic rings. The highest BCUT2D eigenvalue weighted by Gasteiger charge is 2.30. The molecular weight excluding hydrogens is 427 g/mol. The molecule has 0 saturated heterocycles. The van der Waals surface area contributed by atoms with E-state index >= 15 is 0 Å². The van der Waals surface area contributed by atoms with Gasteiger partial charge in [0.25, 0.3) is 5.56 Å². The number of aromatic nitrogens is 3. The van der Waals surface area contributed by atoms with Gasteiger partial charge in [-0.3, -0.25) is 19.3 Å². The first kappa shape index (κ1) is 20.9. The molecule has 0 aliphatic carbocycles. The number of fused-ring (bicyclic) bond motifs is 3. The average molecular weight is 445 g/mol. The number of nitrogens with zero attached hydrogens (tertiary/aromatic N) is 3. The van der Waals surface area contributed by atoms with Crippen molar-refractivity contribution in [3.05, 3.63) is 101 Å². The summed E-state index contributed by atoms with van der Waals surface area (Å²) in [6.07, 6.45) is -0.272. The van der Waals surface area contributed by atoms with E-state index in [1.807, 2.05) is 37.3 Å². The predicted octanol–water partition coefficient (Wildman–Crippen LogP) is 6.18. The molecular formula is C26H18F3N3O. The van der Waals surface area contributed by atoms with Gasteiger partial charge in [0.1, 0.15) is 0 Å². The topological polar surface area (TPSA) is 47.8 Å². The summed E-state index contributed by atoms with van der Waals surface area (Å²) in [5.41, 5.74) is 2.80. The number of hydrogen-bond acceptors (Lipinski definition) is 3. The van der Waals surface area contributed by atoms with Gasteiger partial charge in [-0.25, -0.2) is 0 Å². The van der Waals surface area contributed by atoms with Crippen molar-refractivity contribution in [1.29, 1.82) is 0 Å². The highest BCUT2D eigenvalue weighted by Crippen LogP contribution is 2.32. The number of aryl methyl sites for hydroxylation is 1. The van der Waals surface area contributed by atoms with Gasteiger partial charge in [0, 0.05) is 46.2 Å². The van der Waals surface area contributed by atoms with Gasteiger partial charge in [-0.2, -0.15) is 13.2 Å². The van der Waals surface area contributed by atoms with Crippen LogP contribution in [-0.4, -0.2) is 14.5 Å². The highest BCUT2D eigenvalue weighted by atomic mass is 19.4. The number of pyridine rings is 3. The zero-order chi connectivity index (χ0) is 23.2. The number of alkyl halides is 3. The lowest BCUT2D eigenvalue weighted by atomic mass is 10.0. The van der Waals surface area contributed by atoms with Crippen LogP contribution in [0, 0.1) is 0 Å². The van der Waals surface area contributed by atoms with E-state index in [1.165, 1.54) is 22.8 Å². The summed E-state index contributed by atoms with van der Waals surface area (Å²) >= 11 is 0. The normalized spacial score (nSPS) is 11.9. The predicted molar refractivity (Wildman–Crippen MR) is 122 cm³/mol. The molecule has 2 aromatic carbocycles. The van der Waals surface area contributed by atoms with Crippen molar-refractivity contribution in [2.24, 2.45) is 0 Å². The fourth-order valence-corrected chi connectivity index (χ4v) is 3.97. The maximum Gasteiger partial charge on any atom is 0.416 e. The summed E-state index contributed by atoms with van der Waals surface area (Å²) < 4.78 is 41.3. The molecule has 164 valence electrons. The van der Waals surface area contributed by atoms with Gasteiger partial charge in [0.05, 0.1) is 16.6 Å². The third-order valence-electron chi connectivity index (χ3n) is 5.67. The molecule has 0 fully saturated rings. The number of rotatable bonds is 3. The number of halogens is 3. The standard InChI is InChI=1S/C26H18F3N3O/c1-2-20-9-6-17(14-30-20)16-7-10-23-22(12-16)25-18(15-31-23)8-11-24(33)32(25)21-5-3-4-19(13-21)26(27,28)29/h3-15H,2H2,1H3. The van der Waals surface area contributed by atoms with Crippen LogP contribution in [0.15, 0.2) is 83.9 Å². The van der Waals surface area contributed by atoms with Gasteiger partial charge in [-0.1, -0.05) is 25.1 Å². The molecule has 0 aliphatic rings. The van der Waals surface area contributed by atoms with E-state index in [-0.39, 0.29) is 5.69 Å². The van der Waals surface area contributed by atoms with E-state index in [0.717, 1.165) is 35.4 Å². The minimum atomic E-state index is -4.52. The SMILES string of the molecule is CCc1ccc(-c2ccc3ncc4ccc(=O)n(-c5cccc(C(F)(F)F)c5)c4c3c2)cn1. The lowest BCUT2D eigenvalue weighted by molar-refractivity contribution is -0.137. The molecule has 0 N–H and O–H groups in total. The summed E-state index contributed by atoms with van der Waals surface area (Å²) in [6.45, 7) is 2.03. The van der Waals surface area contributed by atoms with Gasteiger partial charge in [0.15, 0.2) is 0 Å². The van der Waals surface area contributed by atoms with E-state index in [1.54, 1.807) is 18.5 Å². The molecule has 7 heteroatoms. The molecule has 0 atom stereocenters. The van der Waals surface area contributed by atoms with Crippen molar-refractivity contribution < 1.29 is 13.2 Å². The lowest BCUT2D eigenvalue weighted by Crippen LogP contribution is -2.18. The Morgan fingerprint density at radius 3 is 2.42 bits per heavy atom. The lowest BCUT2D eigenvalue weighted by Gasteiger charge is -2.15. The monoisotopic (exact) mass is 445 g/mol. The maximum atomic E-state index is 13.3. The Kier molecular flexibility index (Phi) is 4.96. The van der Waals surface area contributed by atoms with Gasteiger partial charge in [0.2, 0.25) is 0 Å². The van der Waals surface area contributed by atoms with Crippen LogP contribution in [0.4, 0.5) is 13.2 Å². The molecule has 0 bridgehead atoms. The van der Waals surface area contributed by atoms with Gasteiger partial charge in [-0.05, 0) is 54.4 Å². The molecule has 0 unspecified atom stereocenters. The molecule has 0 radical (unpaired) electrons. The zero-order valence-electron chi connectivity index (χ0n) is 17.6. The first-order valence-electron chi connectivity index (χ1n) is 10.4. The Morgan fingerprint density at radius 2 is 1.70 bits per heavy atom. The Morgan fingerprint density at radius 1 is 0.879 bits per heavy atom. The summed E-state index contributed by atoms with van der Waals surface area (Å²) in [4.78, 5) is 21.8. The van der Waals surface area contributed by atoms with Crippen LogP contribution >= 0.6 is 0 Å². The van der Waals surface area contributed by atoms with Crippen molar-refractivity contribution in [1.82, 2.24) is 14.5 Å². The van der Waals surface area contributed by atoms with E-state index < -0.39 is 17.3 Å². The van der Waals surface area contributed by atoms with E-state index in [2.05, 4.69) is 9.97 Å². The third kappa shape index (κ3) is 3.75. The largest absolute Gasteiger partial charge is 0.416 e. The molecule has 33 heavy (non-hydrogen) atoms.